The SMILES string of the molecule is CC1CCC(c2nc3ccc(Br)cc3[nH]2)CC1. The van der Waals surface area contributed by atoms with Crippen LogP contribution in [0.1, 0.15) is 44.3 Å². The van der Waals surface area contributed by atoms with Crippen LogP contribution in [-0.4, -0.2) is 9.97 Å². The molecular weight excluding hydrogens is 276 g/mol. The minimum atomic E-state index is 0.636. The van der Waals surface area contributed by atoms with Crippen molar-refractivity contribution in [1.82, 2.24) is 9.97 Å². The van der Waals surface area contributed by atoms with Gasteiger partial charge in [0.15, 0.2) is 0 Å². The first-order valence-corrected chi connectivity index (χ1v) is 7.17. The molecule has 1 saturated carbocycles. The smallest absolute Gasteiger partial charge is 0.110 e. The third-order valence-corrected chi connectivity index (χ3v) is 4.36. The lowest BCUT2D eigenvalue weighted by atomic mass is 9.83. The molecule has 0 saturated heterocycles. The van der Waals surface area contributed by atoms with Crippen LogP contribution in [0.25, 0.3) is 11.0 Å². The van der Waals surface area contributed by atoms with Gasteiger partial charge in [-0.2, -0.15) is 0 Å². The Labute approximate surface area is 110 Å². The summed E-state index contributed by atoms with van der Waals surface area (Å²) < 4.78 is 1.11. The van der Waals surface area contributed by atoms with Gasteiger partial charge >= 0.3 is 0 Å². The molecule has 1 aromatic carbocycles. The fraction of sp³-hybridized carbons (Fsp3) is 0.500. The highest BCUT2D eigenvalue weighted by Crippen LogP contribution is 2.35. The molecule has 0 atom stereocenters. The van der Waals surface area contributed by atoms with E-state index in [1.54, 1.807) is 0 Å². The van der Waals surface area contributed by atoms with Gasteiger partial charge in [0.05, 0.1) is 11.0 Å². The van der Waals surface area contributed by atoms with E-state index in [1.165, 1.54) is 31.5 Å². The fourth-order valence-corrected chi connectivity index (χ4v) is 3.09. The zero-order valence-electron chi connectivity index (χ0n) is 10.0. The second-order valence-electron chi connectivity index (χ2n) is 5.24. The Balaban J connectivity index is 1.90. The van der Waals surface area contributed by atoms with Gasteiger partial charge in [0.1, 0.15) is 5.82 Å². The number of nitrogens with one attached hydrogen (secondary N) is 1. The number of nitrogens with zero attached hydrogens (tertiary/aromatic N) is 1. The van der Waals surface area contributed by atoms with Crippen LogP contribution >= 0.6 is 15.9 Å². The predicted octanol–water partition coefficient (Wildman–Crippen LogP) is 4.62. The van der Waals surface area contributed by atoms with Crippen LogP contribution in [0.2, 0.25) is 0 Å². The lowest BCUT2D eigenvalue weighted by molar-refractivity contribution is 0.341. The van der Waals surface area contributed by atoms with E-state index in [0.717, 1.165) is 21.4 Å². The lowest BCUT2D eigenvalue weighted by Gasteiger charge is -2.24. The molecule has 0 radical (unpaired) electrons. The maximum atomic E-state index is 4.73. The van der Waals surface area contributed by atoms with Gasteiger partial charge in [-0.15, -0.1) is 0 Å². The van der Waals surface area contributed by atoms with Gasteiger partial charge in [-0.3, -0.25) is 0 Å². The molecule has 1 fully saturated rings. The molecule has 1 aromatic heterocycles. The first-order valence-electron chi connectivity index (χ1n) is 6.37. The highest BCUT2D eigenvalue weighted by atomic mass is 79.9. The average Bonchev–Trinajstić information content (AvgIpc) is 2.72. The standard InChI is InChI=1S/C14H17BrN2/c1-9-2-4-10(5-3-9)14-16-12-7-6-11(15)8-13(12)17-14/h6-10H,2-5H2,1H3,(H,16,17). The van der Waals surface area contributed by atoms with Crippen LogP contribution in [0.15, 0.2) is 22.7 Å². The summed E-state index contributed by atoms with van der Waals surface area (Å²) in [6.45, 7) is 2.35. The predicted molar refractivity (Wildman–Crippen MR) is 74.2 cm³/mol. The Morgan fingerprint density at radius 2 is 2.00 bits per heavy atom. The van der Waals surface area contributed by atoms with Crippen molar-refractivity contribution < 1.29 is 0 Å². The monoisotopic (exact) mass is 292 g/mol. The molecule has 90 valence electrons. The minimum Gasteiger partial charge on any atom is -0.342 e. The molecule has 0 bridgehead atoms. The van der Waals surface area contributed by atoms with Crippen molar-refractivity contribution in [2.75, 3.05) is 0 Å². The number of benzene rings is 1. The zero-order valence-corrected chi connectivity index (χ0v) is 11.6. The van der Waals surface area contributed by atoms with Crippen LogP contribution in [0.5, 0.6) is 0 Å². The number of aromatic nitrogens is 2. The summed E-state index contributed by atoms with van der Waals surface area (Å²) in [5.41, 5.74) is 2.23. The van der Waals surface area contributed by atoms with Crippen LogP contribution in [0.4, 0.5) is 0 Å². The molecule has 0 spiro atoms. The number of H-pyrrole nitrogens is 1. The maximum Gasteiger partial charge on any atom is 0.110 e. The molecule has 0 aliphatic heterocycles. The third kappa shape index (κ3) is 2.25. The number of fused-ring (bicyclic) bond motifs is 1. The molecule has 0 unspecified atom stereocenters. The number of imidazole rings is 1. The molecule has 2 aromatic rings. The lowest BCUT2D eigenvalue weighted by Crippen LogP contribution is -2.11. The second-order valence-corrected chi connectivity index (χ2v) is 6.16. The number of halogens is 1. The van der Waals surface area contributed by atoms with Crippen LogP contribution in [0.3, 0.4) is 0 Å². The van der Waals surface area contributed by atoms with Crippen molar-refractivity contribution in [2.24, 2.45) is 5.92 Å². The van der Waals surface area contributed by atoms with E-state index in [0.29, 0.717) is 5.92 Å². The molecule has 1 aliphatic carbocycles. The van der Waals surface area contributed by atoms with Gasteiger partial charge in [0, 0.05) is 10.4 Å². The van der Waals surface area contributed by atoms with E-state index in [1.807, 2.05) is 0 Å². The average molecular weight is 293 g/mol. The van der Waals surface area contributed by atoms with Crippen LogP contribution in [0, 0.1) is 5.92 Å². The molecule has 3 rings (SSSR count). The second kappa shape index (κ2) is 4.45. The van der Waals surface area contributed by atoms with Gasteiger partial charge in [0.25, 0.3) is 0 Å². The van der Waals surface area contributed by atoms with Crippen molar-refractivity contribution in [3.63, 3.8) is 0 Å². The Kier molecular flexibility index (Phi) is 2.95. The molecule has 3 heteroatoms. The van der Waals surface area contributed by atoms with Gasteiger partial charge in [-0.05, 0) is 37.0 Å². The van der Waals surface area contributed by atoms with E-state index >= 15 is 0 Å². The van der Waals surface area contributed by atoms with E-state index in [2.05, 4.69) is 46.0 Å². The summed E-state index contributed by atoms with van der Waals surface area (Å²) in [6, 6.07) is 6.23. The van der Waals surface area contributed by atoms with Crippen molar-refractivity contribution in [3.05, 3.63) is 28.5 Å². The Morgan fingerprint density at radius 1 is 1.24 bits per heavy atom. The molecule has 1 aliphatic rings. The summed E-state index contributed by atoms with van der Waals surface area (Å²) in [7, 11) is 0. The number of hydrogen-bond donors (Lipinski definition) is 1. The third-order valence-electron chi connectivity index (χ3n) is 3.86. The van der Waals surface area contributed by atoms with Crippen molar-refractivity contribution in [2.45, 2.75) is 38.5 Å². The molecule has 1 heterocycles. The van der Waals surface area contributed by atoms with Crippen molar-refractivity contribution in [3.8, 4) is 0 Å². The molecular formula is C14H17BrN2. The summed E-state index contributed by atoms with van der Waals surface area (Å²) in [5, 5.41) is 0. The molecule has 1 N–H and O–H groups in total. The Hall–Kier alpha value is -0.830. The van der Waals surface area contributed by atoms with E-state index in [4.69, 9.17) is 4.98 Å². The molecule has 0 amide bonds. The summed E-state index contributed by atoms with van der Waals surface area (Å²) in [6.07, 6.45) is 5.24. The molecule has 2 nitrogen and oxygen atoms in total. The quantitative estimate of drug-likeness (QED) is 0.816. The summed E-state index contributed by atoms with van der Waals surface area (Å²) >= 11 is 3.50. The highest BCUT2D eigenvalue weighted by molar-refractivity contribution is 9.10. The number of hydrogen-bond acceptors (Lipinski definition) is 1. The number of rotatable bonds is 1. The zero-order chi connectivity index (χ0) is 11.8. The van der Waals surface area contributed by atoms with E-state index < -0.39 is 0 Å². The van der Waals surface area contributed by atoms with Gasteiger partial charge in [0.2, 0.25) is 0 Å². The summed E-state index contributed by atoms with van der Waals surface area (Å²) in [4.78, 5) is 8.21. The van der Waals surface area contributed by atoms with E-state index in [9.17, 15) is 0 Å². The summed E-state index contributed by atoms with van der Waals surface area (Å²) in [5.74, 6) is 2.71. The van der Waals surface area contributed by atoms with Crippen LogP contribution < -0.4 is 0 Å². The minimum absolute atomic E-state index is 0.636. The maximum absolute atomic E-state index is 4.73. The Bertz CT molecular complexity index is 524. The highest BCUT2D eigenvalue weighted by Gasteiger charge is 2.22. The van der Waals surface area contributed by atoms with Crippen LogP contribution in [-0.2, 0) is 0 Å². The number of aromatic amines is 1. The topological polar surface area (TPSA) is 28.7 Å². The van der Waals surface area contributed by atoms with E-state index in [-0.39, 0.29) is 0 Å². The normalized spacial score (nSPS) is 25.3. The Morgan fingerprint density at radius 3 is 2.76 bits per heavy atom. The first-order chi connectivity index (χ1) is 8.22. The van der Waals surface area contributed by atoms with Gasteiger partial charge < -0.3 is 4.98 Å². The van der Waals surface area contributed by atoms with Crippen molar-refractivity contribution >= 4 is 27.0 Å². The molecule has 17 heavy (non-hydrogen) atoms. The van der Waals surface area contributed by atoms with Gasteiger partial charge in [-0.1, -0.05) is 35.7 Å². The van der Waals surface area contributed by atoms with Gasteiger partial charge in [-0.25, -0.2) is 4.98 Å². The largest absolute Gasteiger partial charge is 0.342 e. The first kappa shape index (κ1) is 11.3. The fourth-order valence-electron chi connectivity index (χ4n) is 2.73. The van der Waals surface area contributed by atoms with Crippen molar-refractivity contribution in [1.29, 1.82) is 0 Å².